The van der Waals surface area contributed by atoms with Crippen LogP contribution in [0.1, 0.15) is 32.8 Å². The van der Waals surface area contributed by atoms with Gasteiger partial charge in [0.15, 0.2) is 0 Å². The van der Waals surface area contributed by atoms with Crippen LogP contribution in [-0.4, -0.2) is 19.3 Å². The molecule has 0 aromatic heterocycles. The predicted octanol–water partition coefficient (Wildman–Crippen LogP) is 3.87. The van der Waals surface area contributed by atoms with E-state index in [1.54, 1.807) is 19.1 Å². The first-order valence-corrected chi connectivity index (χ1v) is 9.12. The highest BCUT2D eigenvalue weighted by molar-refractivity contribution is 7.88. The number of hydrogen-bond donors (Lipinski definition) is 0. The molecule has 2 rings (SSSR count). The van der Waals surface area contributed by atoms with E-state index in [4.69, 9.17) is 4.18 Å². The molecule has 0 aliphatic heterocycles. The lowest BCUT2D eigenvalue weighted by Gasteiger charge is -2.33. The van der Waals surface area contributed by atoms with Gasteiger partial charge in [-0.25, -0.2) is 0 Å². The molecule has 1 aliphatic rings. The molecule has 0 saturated carbocycles. The maximum Gasteiger partial charge on any atom is 0.277 e. The SMILES string of the molecule is CCC(Cc1ccccc1)OS(=O)(=O)C1(C)C=CC=CC1C. The Labute approximate surface area is 133 Å². The van der Waals surface area contributed by atoms with Gasteiger partial charge in [-0.2, -0.15) is 8.42 Å². The Bertz CT molecular complexity index is 646. The van der Waals surface area contributed by atoms with E-state index >= 15 is 0 Å². The Morgan fingerprint density at radius 2 is 1.91 bits per heavy atom. The lowest BCUT2D eigenvalue weighted by molar-refractivity contribution is 0.195. The number of hydrogen-bond acceptors (Lipinski definition) is 3. The van der Waals surface area contributed by atoms with Gasteiger partial charge in [0.1, 0.15) is 4.75 Å². The molecule has 3 unspecified atom stereocenters. The van der Waals surface area contributed by atoms with E-state index in [9.17, 15) is 8.42 Å². The molecular weight excluding hydrogens is 296 g/mol. The van der Waals surface area contributed by atoms with Crippen LogP contribution in [0.15, 0.2) is 54.6 Å². The van der Waals surface area contributed by atoms with Crippen LogP contribution in [0.25, 0.3) is 0 Å². The van der Waals surface area contributed by atoms with Gasteiger partial charge in [-0.3, -0.25) is 4.18 Å². The highest BCUT2D eigenvalue weighted by Crippen LogP contribution is 2.34. The van der Waals surface area contributed by atoms with Crippen LogP contribution in [0.5, 0.6) is 0 Å². The topological polar surface area (TPSA) is 43.4 Å². The molecule has 0 fully saturated rings. The van der Waals surface area contributed by atoms with Crippen molar-refractivity contribution in [2.45, 2.75) is 44.5 Å². The Morgan fingerprint density at radius 1 is 1.23 bits per heavy atom. The molecular formula is C18H24O3S. The van der Waals surface area contributed by atoms with Crippen LogP contribution >= 0.6 is 0 Å². The highest BCUT2D eigenvalue weighted by atomic mass is 32.2. The first-order chi connectivity index (χ1) is 10.4. The summed E-state index contributed by atoms with van der Waals surface area (Å²) >= 11 is 0. The molecule has 0 amide bonds. The predicted molar refractivity (Wildman–Crippen MR) is 90.1 cm³/mol. The Balaban J connectivity index is 2.16. The lowest BCUT2D eigenvalue weighted by atomic mass is 9.91. The number of allylic oxidation sites excluding steroid dienone is 3. The molecule has 1 aromatic rings. The van der Waals surface area contributed by atoms with Crippen molar-refractivity contribution in [3.8, 4) is 0 Å². The fourth-order valence-electron chi connectivity index (χ4n) is 2.54. The van der Waals surface area contributed by atoms with Crippen molar-refractivity contribution < 1.29 is 12.6 Å². The van der Waals surface area contributed by atoms with Gasteiger partial charge < -0.3 is 0 Å². The smallest absolute Gasteiger partial charge is 0.266 e. The lowest BCUT2D eigenvalue weighted by Crippen LogP contribution is -2.43. The maximum absolute atomic E-state index is 12.8. The summed E-state index contributed by atoms with van der Waals surface area (Å²) in [5.74, 6) is -0.114. The van der Waals surface area contributed by atoms with Crippen molar-refractivity contribution in [1.82, 2.24) is 0 Å². The van der Waals surface area contributed by atoms with E-state index in [1.165, 1.54) is 0 Å². The zero-order chi connectivity index (χ0) is 16.2. The van der Waals surface area contributed by atoms with E-state index in [0.717, 1.165) is 5.56 Å². The molecule has 0 N–H and O–H groups in total. The largest absolute Gasteiger partial charge is 0.277 e. The highest BCUT2D eigenvalue weighted by Gasteiger charge is 2.43. The second-order valence-corrected chi connectivity index (χ2v) is 7.97. The number of rotatable bonds is 6. The third-order valence-corrected chi connectivity index (χ3v) is 6.52. The summed E-state index contributed by atoms with van der Waals surface area (Å²) in [6.45, 7) is 5.58. The van der Waals surface area contributed by atoms with E-state index in [-0.39, 0.29) is 12.0 Å². The van der Waals surface area contributed by atoms with Gasteiger partial charge in [-0.05, 0) is 24.8 Å². The standard InChI is InChI=1S/C18H24O3S/c1-4-17(14-16-11-6-5-7-12-16)21-22(19,20)18(3)13-9-8-10-15(18)2/h5-13,15,17H,4,14H2,1-3H3. The van der Waals surface area contributed by atoms with Crippen molar-refractivity contribution in [3.05, 3.63) is 60.2 Å². The van der Waals surface area contributed by atoms with E-state index < -0.39 is 14.9 Å². The zero-order valence-electron chi connectivity index (χ0n) is 13.4. The molecule has 3 atom stereocenters. The van der Waals surface area contributed by atoms with Gasteiger partial charge in [0.2, 0.25) is 0 Å². The molecule has 0 heterocycles. The van der Waals surface area contributed by atoms with Crippen molar-refractivity contribution in [3.63, 3.8) is 0 Å². The monoisotopic (exact) mass is 320 g/mol. The van der Waals surface area contributed by atoms with Gasteiger partial charge in [0.25, 0.3) is 10.1 Å². The molecule has 1 aromatic carbocycles. The molecule has 0 bridgehead atoms. The minimum absolute atomic E-state index is 0.114. The molecule has 22 heavy (non-hydrogen) atoms. The van der Waals surface area contributed by atoms with Crippen LogP contribution in [0, 0.1) is 5.92 Å². The van der Waals surface area contributed by atoms with Crippen LogP contribution in [0.2, 0.25) is 0 Å². The Hall–Kier alpha value is -1.39. The van der Waals surface area contributed by atoms with Gasteiger partial charge in [0, 0.05) is 6.42 Å². The average Bonchev–Trinajstić information content (AvgIpc) is 2.50. The fourth-order valence-corrected chi connectivity index (χ4v) is 4.09. The quantitative estimate of drug-likeness (QED) is 0.747. The van der Waals surface area contributed by atoms with Crippen LogP contribution in [-0.2, 0) is 20.7 Å². The summed E-state index contributed by atoms with van der Waals surface area (Å²) in [4.78, 5) is 0. The molecule has 120 valence electrons. The molecule has 0 radical (unpaired) electrons. The maximum atomic E-state index is 12.8. The molecule has 1 aliphatic carbocycles. The van der Waals surface area contributed by atoms with Crippen molar-refractivity contribution in [1.29, 1.82) is 0 Å². The van der Waals surface area contributed by atoms with Crippen LogP contribution in [0.4, 0.5) is 0 Å². The third-order valence-electron chi connectivity index (χ3n) is 4.41. The molecule has 0 saturated heterocycles. The first kappa shape index (κ1) is 17.0. The number of benzene rings is 1. The van der Waals surface area contributed by atoms with Crippen molar-refractivity contribution in [2.75, 3.05) is 0 Å². The van der Waals surface area contributed by atoms with Crippen LogP contribution < -0.4 is 0 Å². The summed E-state index contributed by atoms with van der Waals surface area (Å²) in [6.07, 6.45) is 8.19. The van der Waals surface area contributed by atoms with Gasteiger partial charge in [-0.1, -0.05) is 68.5 Å². The van der Waals surface area contributed by atoms with E-state index in [1.807, 2.05) is 56.3 Å². The third kappa shape index (κ3) is 3.50. The van der Waals surface area contributed by atoms with Crippen molar-refractivity contribution >= 4 is 10.1 Å². The minimum Gasteiger partial charge on any atom is -0.266 e. The Kier molecular flexibility index (Phi) is 5.24. The second kappa shape index (κ2) is 6.80. The van der Waals surface area contributed by atoms with Gasteiger partial charge in [-0.15, -0.1) is 0 Å². The summed E-state index contributed by atoms with van der Waals surface area (Å²) in [5, 5.41) is 0. The first-order valence-electron chi connectivity index (χ1n) is 7.72. The molecule has 0 spiro atoms. The molecule has 3 nitrogen and oxygen atoms in total. The average molecular weight is 320 g/mol. The molecule has 4 heteroatoms. The summed E-state index contributed by atoms with van der Waals surface area (Å²) < 4.78 is 30.1. The van der Waals surface area contributed by atoms with Crippen molar-refractivity contribution in [2.24, 2.45) is 5.92 Å². The van der Waals surface area contributed by atoms with Gasteiger partial charge >= 0.3 is 0 Å². The van der Waals surface area contributed by atoms with Gasteiger partial charge in [0.05, 0.1) is 6.10 Å². The van der Waals surface area contributed by atoms with E-state index in [2.05, 4.69) is 0 Å². The van der Waals surface area contributed by atoms with Crippen LogP contribution in [0.3, 0.4) is 0 Å². The van der Waals surface area contributed by atoms with E-state index in [0.29, 0.717) is 12.8 Å². The normalized spacial score (nSPS) is 26.0. The minimum atomic E-state index is -3.70. The zero-order valence-corrected chi connectivity index (χ0v) is 14.2. The summed E-state index contributed by atoms with van der Waals surface area (Å²) in [5.41, 5.74) is 1.09. The fraction of sp³-hybridized carbons (Fsp3) is 0.444. The summed E-state index contributed by atoms with van der Waals surface area (Å²) in [6, 6.07) is 9.84. The summed E-state index contributed by atoms with van der Waals surface area (Å²) in [7, 11) is -3.70. The Morgan fingerprint density at radius 3 is 2.50 bits per heavy atom. The second-order valence-electron chi connectivity index (χ2n) is 5.99.